The van der Waals surface area contributed by atoms with Crippen LogP contribution in [0.1, 0.15) is 44.4 Å². The summed E-state index contributed by atoms with van der Waals surface area (Å²) in [4.78, 5) is 27.4. The van der Waals surface area contributed by atoms with Crippen molar-refractivity contribution in [2.75, 3.05) is 6.61 Å². The van der Waals surface area contributed by atoms with Gasteiger partial charge in [-0.25, -0.2) is 0 Å². The number of hydrogen-bond acceptors (Lipinski definition) is 3. The van der Waals surface area contributed by atoms with Crippen molar-refractivity contribution < 1.29 is 14.3 Å². The Hall–Kier alpha value is -2.53. The standard InChI is InChI=1S/C24H31ClN2O3/c1-16-10-11-21(17(2)12-16)30-15-22(28)27(14-19-8-7-9-20(25)13-19)18(3)23(29)26-24(4,5)6/h7-13,18H,14-15H2,1-6H3,(H,26,29)/t18-/m0/s1. The van der Waals surface area contributed by atoms with E-state index in [0.29, 0.717) is 10.8 Å². The van der Waals surface area contributed by atoms with Gasteiger partial charge < -0.3 is 15.0 Å². The van der Waals surface area contributed by atoms with E-state index < -0.39 is 11.6 Å². The van der Waals surface area contributed by atoms with Crippen molar-refractivity contribution in [1.29, 1.82) is 0 Å². The van der Waals surface area contributed by atoms with E-state index in [0.717, 1.165) is 16.7 Å². The number of benzene rings is 2. The first kappa shape index (κ1) is 23.7. The molecule has 0 aliphatic carbocycles. The molecule has 2 amide bonds. The number of rotatable bonds is 7. The number of amides is 2. The molecule has 1 atom stereocenters. The third-order valence-corrected chi connectivity index (χ3v) is 4.82. The summed E-state index contributed by atoms with van der Waals surface area (Å²) in [6.07, 6.45) is 0. The molecule has 30 heavy (non-hydrogen) atoms. The van der Waals surface area contributed by atoms with Crippen LogP contribution in [-0.2, 0) is 16.1 Å². The average molecular weight is 431 g/mol. The highest BCUT2D eigenvalue weighted by Gasteiger charge is 2.28. The van der Waals surface area contributed by atoms with Crippen LogP contribution >= 0.6 is 11.6 Å². The van der Waals surface area contributed by atoms with Gasteiger partial charge in [-0.1, -0.05) is 41.4 Å². The lowest BCUT2D eigenvalue weighted by atomic mass is 10.1. The Kier molecular flexibility index (Phi) is 7.90. The zero-order valence-corrected chi connectivity index (χ0v) is 19.3. The summed E-state index contributed by atoms with van der Waals surface area (Å²) in [7, 11) is 0. The first-order chi connectivity index (χ1) is 14.0. The zero-order valence-electron chi connectivity index (χ0n) is 18.6. The number of carbonyl (C=O) groups excluding carboxylic acids is 2. The lowest BCUT2D eigenvalue weighted by Gasteiger charge is -2.31. The number of halogens is 1. The van der Waals surface area contributed by atoms with Crippen LogP contribution in [0.2, 0.25) is 5.02 Å². The van der Waals surface area contributed by atoms with Crippen molar-refractivity contribution in [3.63, 3.8) is 0 Å². The van der Waals surface area contributed by atoms with Crippen LogP contribution in [0.5, 0.6) is 5.75 Å². The Morgan fingerprint density at radius 2 is 1.83 bits per heavy atom. The fourth-order valence-electron chi connectivity index (χ4n) is 3.07. The quantitative estimate of drug-likeness (QED) is 0.694. The molecule has 0 spiro atoms. The Morgan fingerprint density at radius 1 is 1.13 bits per heavy atom. The number of nitrogens with one attached hydrogen (secondary N) is 1. The molecular formula is C24H31ClN2O3. The maximum atomic E-state index is 13.1. The number of nitrogens with zero attached hydrogens (tertiary/aromatic N) is 1. The second-order valence-electron chi connectivity index (χ2n) is 8.62. The molecular weight excluding hydrogens is 400 g/mol. The molecule has 6 heteroatoms. The lowest BCUT2D eigenvalue weighted by molar-refractivity contribution is -0.142. The molecule has 1 N–H and O–H groups in total. The Morgan fingerprint density at radius 3 is 2.43 bits per heavy atom. The van der Waals surface area contributed by atoms with E-state index in [2.05, 4.69) is 5.32 Å². The molecule has 0 saturated heterocycles. The summed E-state index contributed by atoms with van der Waals surface area (Å²) in [5, 5.41) is 3.52. The predicted octanol–water partition coefficient (Wildman–Crippen LogP) is 4.67. The van der Waals surface area contributed by atoms with Gasteiger partial charge in [0.15, 0.2) is 6.61 Å². The van der Waals surface area contributed by atoms with Crippen LogP contribution in [0.25, 0.3) is 0 Å². The van der Waals surface area contributed by atoms with Gasteiger partial charge in [0.05, 0.1) is 0 Å². The Labute approximate surface area is 184 Å². The highest BCUT2D eigenvalue weighted by atomic mass is 35.5. The van der Waals surface area contributed by atoms with Crippen LogP contribution in [0.15, 0.2) is 42.5 Å². The summed E-state index contributed by atoms with van der Waals surface area (Å²) in [6.45, 7) is 11.5. The van der Waals surface area contributed by atoms with E-state index in [9.17, 15) is 9.59 Å². The van der Waals surface area contributed by atoms with Gasteiger partial charge in [0.2, 0.25) is 5.91 Å². The van der Waals surface area contributed by atoms with Crippen molar-refractivity contribution in [3.05, 3.63) is 64.2 Å². The van der Waals surface area contributed by atoms with E-state index in [1.165, 1.54) is 4.90 Å². The number of carbonyl (C=O) groups is 2. The zero-order chi connectivity index (χ0) is 22.5. The molecule has 0 aromatic heterocycles. The molecule has 2 aromatic carbocycles. The molecule has 0 radical (unpaired) electrons. The van der Waals surface area contributed by atoms with Gasteiger partial charge in [0.1, 0.15) is 11.8 Å². The minimum atomic E-state index is -0.668. The normalized spacial score (nSPS) is 12.2. The summed E-state index contributed by atoms with van der Waals surface area (Å²) in [6, 6.07) is 12.4. The van der Waals surface area contributed by atoms with Gasteiger partial charge in [-0.05, 0) is 70.9 Å². The van der Waals surface area contributed by atoms with Crippen LogP contribution < -0.4 is 10.1 Å². The minimum Gasteiger partial charge on any atom is -0.483 e. The number of hydrogen-bond donors (Lipinski definition) is 1. The van der Waals surface area contributed by atoms with Gasteiger partial charge in [0.25, 0.3) is 5.91 Å². The van der Waals surface area contributed by atoms with Gasteiger partial charge >= 0.3 is 0 Å². The maximum Gasteiger partial charge on any atom is 0.261 e. The van der Waals surface area contributed by atoms with E-state index in [-0.39, 0.29) is 25.0 Å². The van der Waals surface area contributed by atoms with Crippen molar-refractivity contribution in [3.8, 4) is 5.75 Å². The number of aryl methyl sites for hydroxylation is 2. The Bertz CT molecular complexity index is 906. The van der Waals surface area contributed by atoms with Crippen LogP contribution in [0.3, 0.4) is 0 Å². The van der Waals surface area contributed by atoms with Gasteiger partial charge in [0, 0.05) is 17.1 Å². The van der Waals surface area contributed by atoms with E-state index in [1.54, 1.807) is 19.1 Å². The first-order valence-corrected chi connectivity index (χ1v) is 10.4. The van der Waals surface area contributed by atoms with Crippen LogP contribution in [0.4, 0.5) is 0 Å². The van der Waals surface area contributed by atoms with Crippen LogP contribution in [0, 0.1) is 13.8 Å². The molecule has 2 rings (SSSR count). The van der Waals surface area contributed by atoms with E-state index in [1.807, 2.05) is 65.0 Å². The average Bonchev–Trinajstić information content (AvgIpc) is 2.63. The molecule has 0 aliphatic heterocycles. The summed E-state index contributed by atoms with van der Waals surface area (Å²) in [5.41, 5.74) is 2.53. The Balaban J connectivity index is 2.20. The maximum absolute atomic E-state index is 13.1. The van der Waals surface area contributed by atoms with Crippen molar-refractivity contribution >= 4 is 23.4 Å². The van der Waals surface area contributed by atoms with Gasteiger partial charge in [-0.3, -0.25) is 9.59 Å². The molecule has 162 valence electrons. The summed E-state index contributed by atoms with van der Waals surface area (Å²) < 4.78 is 5.78. The molecule has 0 aliphatic rings. The van der Waals surface area contributed by atoms with Crippen molar-refractivity contribution in [1.82, 2.24) is 10.2 Å². The van der Waals surface area contributed by atoms with Crippen molar-refractivity contribution in [2.24, 2.45) is 0 Å². The largest absolute Gasteiger partial charge is 0.483 e. The van der Waals surface area contributed by atoms with Crippen molar-refractivity contribution in [2.45, 2.75) is 59.7 Å². The highest BCUT2D eigenvalue weighted by molar-refractivity contribution is 6.30. The monoisotopic (exact) mass is 430 g/mol. The minimum absolute atomic E-state index is 0.155. The predicted molar refractivity (Wildman–Crippen MR) is 121 cm³/mol. The summed E-state index contributed by atoms with van der Waals surface area (Å²) >= 11 is 6.10. The molecule has 0 heterocycles. The topological polar surface area (TPSA) is 58.6 Å². The molecule has 0 bridgehead atoms. The summed E-state index contributed by atoms with van der Waals surface area (Å²) in [5.74, 6) is 0.166. The molecule has 0 fully saturated rings. The number of ether oxygens (including phenoxy) is 1. The third-order valence-electron chi connectivity index (χ3n) is 4.59. The van der Waals surface area contributed by atoms with Gasteiger partial charge in [-0.2, -0.15) is 0 Å². The lowest BCUT2D eigenvalue weighted by Crippen LogP contribution is -2.53. The van der Waals surface area contributed by atoms with E-state index in [4.69, 9.17) is 16.3 Å². The fourth-order valence-corrected chi connectivity index (χ4v) is 3.29. The molecule has 0 unspecified atom stereocenters. The molecule has 0 saturated carbocycles. The third kappa shape index (κ3) is 7.06. The fraction of sp³-hybridized carbons (Fsp3) is 0.417. The first-order valence-electron chi connectivity index (χ1n) is 10.0. The second-order valence-corrected chi connectivity index (χ2v) is 9.06. The van der Waals surface area contributed by atoms with E-state index >= 15 is 0 Å². The highest BCUT2D eigenvalue weighted by Crippen LogP contribution is 2.20. The SMILES string of the molecule is Cc1ccc(OCC(=O)N(Cc2cccc(Cl)c2)[C@@H](C)C(=O)NC(C)(C)C)c(C)c1. The molecule has 2 aromatic rings. The smallest absolute Gasteiger partial charge is 0.261 e. The van der Waals surface area contributed by atoms with Gasteiger partial charge in [-0.15, -0.1) is 0 Å². The van der Waals surface area contributed by atoms with Crippen LogP contribution in [-0.4, -0.2) is 34.9 Å². The molecule has 5 nitrogen and oxygen atoms in total. The second kappa shape index (κ2) is 9.98.